The Hall–Kier alpha value is -0.820. The van der Waals surface area contributed by atoms with Crippen molar-refractivity contribution in [2.75, 3.05) is 0 Å². The smallest absolute Gasteiger partial charge is 0.116 e. The second-order valence-electron chi connectivity index (χ2n) is 5.22. The minimum absolute atomic E-state index is 0.594. The first kappa shape index (κ1) is 15.2. The van der Waals surface area contributed by atoms with E-state index in [0.29, 0.717) is 0 Å². The highest BCUT2D eigenvalue weighted by molar-refractivity contribution is 5.41. The van der Waals surface area contributed by atoms with Gasteiger partial charge in [0.1, 0.15) is 6.10 Å². The van der Waals surface area contributed by atoms with Crippen LogP contribution in [0.15, 0.2) is 12.1 Å². The molecule has 0 amide bonds. The van der Waals surface area contributed by atoms with Crippen LogP contribution in [-0.4, -0.2) is 0 Å². The molecule has 0 N–H and O–H groups in total. The van der Waals surface area contributed by atoms with Crippen LogP contribution in [0.4, 0.5) is 0 Å². The summed E-state index contributed by atoms with van der Waals surface area (Å²) in [6.07, 6.45) is 6.00. The van der Waals surface area contributed by atoms with Gasteiger partial charge in [0.15, 0.2) is 0 Å². The third-order valence-corrected chi connectivity index (χ3v) is 3.40. The molecule has 1 atom stereocenters. The van der Waals surface area contributed by atoms with Gasteiger partial charge in [0.2, 0.25) is 0 Å². The van der Waals surface area contributed by atoms with Gasteiger partial charge in [-0.3, -0.25) is 0 Å². The molecule has 0 bridgehead atoms. The third kappa shape index (κ3) is 3.84. The molecule has 18 heavy (non-hydrogen) atoms. The van der Waals surface area contributed by atoms with E-state index in [1.165, 1.54) is 23.1 Å². The normalized spacial score (nSPS) is 12.7. The van der Waals surface area contributed by atoms with Crippen molar-refractivity contribution in [1.29, 1.82) is 0 Å². The number of hydrogen-bond acceptors (Lipinski definition) is 0. The lowest BCUT2D eigenvalue weighted by Gasteiger charge is -2.18. The molecular formula is C17H27O. The van der Waals surface area contributed by atoms with Crippen LogP contribution in [-0.2, 0) is 24.4 Å². The molecule has 1 aromatic rings. The highest BCUT2D eigenvalue weighted by Gasteiger charge is 2.15. The van der Waals surface area contributed by atoms with E-state index in [2.05, 4.69) is 32.9 Å². The maximum absolute atomic E-state index is 12.0. The Labute approximate surface area is 112 Å². The molecule has 0 aliphatic carbocycles. The zero-order valence-electron chi connectivity index (χ0n) is 12.4. The first-order chi connectivity index (χ1) is 8.63. The lowest BCUT2D eigenvalue weighted by atomic mass is 9.89. The van der Waals surface area contributed by atoms with Crippen molar-refractivity contribution < 1.29 is 5.11 Å². The van der Waals surface area contributed by atoms with Crippen LogP contribution in [0.1, 0.15) is 75.3 Å². The highest BCUT2D eigenvalue weighted by Crippen LogP contribution is 2.27. The van der Waals surface area contributed by atoms with Crippen molar-refractivity contribution in [3.63, 3.8) is 0 Å². The SMILES string of the molecule is CCCc1cc(CCC)c(C(C)[O])c(CCC)c1. The standard InChI is InChI=1S/C17H27O/c1-5-8-14-11-15(9-6-2)17(13(4)18)16(12-14)10-7-3/h11-13H,5-10H2,1-4H3. The fourth-order valence-electron chi connectivity index (χ4n) is 2.76. The van der Waals surface area contributed by atoms with Gasteiger partial charge in [-0.15, -0.1) is 0 Å². The second kappa shape index (κ2) is 7.58. The molecule has 0 aliphatic heterocycles. The van der Waals surface area contributed by atoms with Crippen LogP contribution in [0.2, 0.25) is 0 Å². The number of hydrogen-bond donors (Lipinski definition) is 0. The van der Waals surface area contributed by atoms with Gasteiger partial charge in [0, 0.05) is 0 Å². The van der Waals surface area contributed by atoms with Crippen LogP contribution in [0.25, 0.3) is 0 Å². The number of rotatable bonds is 7. The van der Waals surface area contributed by atoms with Gasteiger partial charge < -0.3 is 0 Å². The molecule has 1 nitrogen and oxygen atoms in total. The summed E-state index contributed by atoms with van der Waals surface area (Å²) < 4.78 is 0. The van der Waals surface area contributed by atoms with Gasteiger partial charge in [0.25, 0.3) is 0 Å². The largest absolute Gasteiger partial charge is 0.228 e. The molecule has 0 fully saturated rings. The molecular weight excluding hydrogens is 220 g/mol. The second-order valence-corrected chi connectivity index (χ2v) is 5.22. The van der Waals surface area contributed by atoms with Gasteiger partial charge in [-0.05, 0) is 48.4 Å². The van der Waals surface area contributed by atoms with Gasteiger partial charge in [0.05, 0.1) is 0 Å². The third-order valence-electron chi connectivity index (χ3n) is 3.40. The number of benzene rings is 1. The molecule has 101 valence electrons. The summed E-state index contributed by atoms with van der Waals surface area (Å²) in [5.41, 5.74) is 5.09. The average molecular weight is 247 g/mol. The zero-order chi connectivity index (χ0) is 13.5. The van der Waals surface area contributed by atoms with E-state index in [-0.39, 0.29) is 0 Å². The molecule has 1 rings (SSSR count). The summed E-state index contributed by atoms with van der Waals surface area (Å²) in [4.78, 5) is 0. The van der Waals surface area contributed by atoms with E-state index < -0.39 is 6.10 Å². The van der Waals surface area contributed by atoms with Crippen molar-refractivity contribution in [2.45, 2.75) is 72.3 Å². The Balaban J connectivity index is 3.24. The minimum Gasteiger partial charge on any atom is -0.228 e. The maximum Gasteiger partial charge on any atom is 0.116 e. The predicted molar refractivity (Wildman–Crippen MR) is 77.5 cm³/mol. The van der Waals surface area contributed by atoms with Crippen LogP contribution in [0, 0.1) is 0 Å². The van der Waals surface area contributed by atoms with Crippen molar-refractivity contribution in [1.82, 2.24) is 0 Å². The molecule has 0 saturated heterocycles. The molecule has 0 spiro atoms. The van der Waals surface area contributed by atoms with Crippen LogP contribution < -0.4 is 0 Å². The molecule has 0 saturated carbocycles. The molecule has 1 unspecified atom stereocenters. The summed E-state index contributed by atoms with van der Waals surface area (Å²) in [6, 6.07) is 4.55. The first-order valence-corrected chi connectivity index (χ1v) is 7.44. The molecule has 0 heterocycles. The Kier molecular flexibility index (Phi) is 6.42. The Morgan fingerprint density at radius 3 is 1.67 bits per heavy atom. The highest BCUT2D eigenvalue weighted by atomic mass is 16.3. The first-order valence-electron chi connectivity index (χ1n) is 7.44. The van der Waals surface area contributed by atoms with E-state index in [0.717, 1.165) is 37.7 Å². The van der Waals surface area contributed by atoms with E-state index in [9.17, 15) is 5.11 Å². The van der Waals surface area contributed by atoms with E-state index in [4.69, 9.17) is 0 Å². The van der Waals surface area contributed by atoms with Crippen molar-refractivity contribution in [3.05, 3.63) is 34.4 Å². The fourth-order valence-corrected chi connectivity index (χ4v) is 2.76. The summed E-state index contributed by atoms with van der Waals surface area (Å²) >= 11 is 0. The average Bonchev–Trinajstić information content (AvgIpc) is 2.29. The summed E-state index contributed by atoms with van der Waals surface area (Å²) in [5, 5.41) is 12.0. The fraction of sp³-hybridized carbons (Fsp3) is 0.647. The van der Waals surface area contributed by atoms with E-state index in [1.54, 1.807) is 6.92 Å². The van der Waals surface area contributed by atoms with Crippen molar-refractivity contribution in [3.8, 4) is 0 Å². The van der Waals surface area contributed by atoms with Crippen LogP contribution >= 0.6 is 0 Å². The zero-order valence-corrected chi connectivity index (χ0v) is 12.4. The van der Waals surface area contributed by atoms with Crippen molar-refractivity contribution >= 4 is 0 Å². The molecule has 1 aromatic carbocycles. The lowest BCUT2D eigenvalue weighted by Crippen LogP contribution is -2.05. The quantitative estimate of drug-likeness (QED) is 0.643. The van der Waals surface area contributed by atoms with E-state index >= 15 is 0 Å². The Bertz CT molecular complexity index is 339. The summed E-state index contributed by atoms with van der Waals surface area (Å²) in [5.74, 6) is 0. The molecule has 0 aromatic heterocycles. The lowest BCUT2D eigenvalue weighted by molar-refractivity contribution is 0.105. The summed E-state index contributed by atoms with van der Waals surface area (Å²) in [6.45, 7) is 8.37. The molecule has 0 aliphatic rings. The Morgan fingerprint density at radius 1 is 0.889 bits per heavy atom. The predicted octanol–water partition coefficient (Wildman–Crippen LogP) is 5.04. The molecule has 1 heteroatoms. The van der Waals surface area contributed by atoms with Crippen LogP contribution in [0.5, 0.6) is 0 Å². The monoisotopic (exact) mass is 247 g/mol. The van der Waals surface area contributed by atoms with Gasteiger partial charge in [-0.1, -0.05) is 52.2 Å². The topological polar surface area (TPSA) is 19.9 Å². The Morgan fingerprint density at radius 2 is 1.33 bits per heavy atom. The molecule has 1 radical (unpaired) electrons. The minimum atomic E-state index is -0.594. The van der Waals surface area contributed by atoms with E-state index in [1.807, 2.05) is 0 Å². The van der Waals surface area contributed by atoms with Gasteiger partial charge in [-0.2, -0.15) is 0 Å². The van der Waals surface area contributed by atoms with Crippen molar-refractivity contribution in [2.24, 2.45) is 0 Å². The van der Waals surface area contributed by atoms with Gasteiger partial charge in [-0.25, -0.2) is 5.11 Å². The van der Waals surface area contributed by atoms with Gasteiger partial charge >= 0.3 is 0 Å². The summed E-state index contributed by atoms with van der Waals surface area (Å²) in [7, 11) is 0. The maximum atomic E-state index is 12.0. The number of aryl methyl sites for hydroxylation is 3. The van der Waals surface area contributed by atoms with Crippen LogP contribution in [0.3, 0.4) is 0 Å².